The summed E-state index contributed by atoms with van der Waals surface area (Å²) in [5, 5.41) is 9.16. The van der Waals surface area contributed by atoms with Crippen LogP contribution in [0.25, 0.3) is 16.7 Å². The number of nitrogens with zero attached hydrogens (tertiary/aromatic N) is 4. The molecule has 0 spiro atoms. The van der Waals surface area contributed by atoms with Crippen LogP contribution in [0.3, 0.4) is 0 Å². The van der Waals surface area contributed by atoms with Crippen LogP contribution in [0.5, 0.6) is 11.5 Å². The molecular weight excluding hydrogens is 354 g/mol. The van der Waals surface area contributed by atoms with Crippen LogP contribution >= 0.6 is 11.6 Å². The van der Waals surface area contributed by atoms with Crippen LogP contribution in [0.15, 0.2) is 55.0 Å². The molecule has 0 saturated carbocycles. The zero-order valence-electron chi connectivity index (χ0n) is 13.4. The van der Waals surface area contributed by atoms with E-state index in [0.29, 0.717) is 22.2 Å². The van der Waals surface area contributed by atoms with Gasteiger partial charge in [0.1, 0.15) is 12.1 Å². The maximum Gasteiger partial charge on any atom is 0.231 e. The smallest absolute Gasteiger partial charge is 0.231 e. The number of nitrogens with one attached hydrogen (secondary N) is 1. The number of halogens is 1. The van der Waals surface area contributed by atoms with Crippen LogP contribution in [-0.2, 0) is 0 Å². The fourth-order valence-electron chi connectivity index (χ4n) is 2.85. The summed E-state index contributed by atoms with van der Waals surface area (Å²) >= 11 is 6.09. The van der Waals surface area contributed by atoms with Crippen LogP contribution in [0.4, 0.5) is 11.5 Å². The Morgan fingerprint density at radius 3 is 2.88 bits per heavy atom. The van der Waals surface area contributed by atoms with Gasteiger partial charge in [-0.05, 0) is 30.3 Å². The number of rotatable bonds is 3. The minimum Gasteiger partial charge on any atom is -0.454 e. The van der Waals surface area contributed by atoms with Crippen molar-refractivity contribution < 1.29 is 9.47 Å². The number of fused-ring (bicyclic) bond motifs is 2. The molecule has 1 aliphatic heterocycles. The van der Waals surface area contributed by atoms with E-state index in [9.17, 15) is 0 Å². The molecule has 26 heavy (non-hydrogen) atoms. The SMILES string of the molecule is Clc1cccc(-n2ncc3c(Nc4ccc5c(c4)OCO5)ncnc32)c1. The first kappa shape index (κ1) is 15.0. The summed E-state index contributed by atoms with van der Waals surface area (Å²) < 4.78 is 12.5. The van der Waals surface area contributed by atoms with E-state index in [2.05, 4.69) is 20.4 Å². The molecule has 0 aliphatic carbocycles. The molecule has 0 fully saturated rings. The molecule has 128 valence electrons. The molecule has 0 unspecified atom stereocenters. The van der Waals surface area contributed by atoms with Gasteiger partial charge in [-0.15, -0.1) is 0 Å². The van der Waals surface area contributed by atoms with E-state index in [1.54, 1.807) is 10.9 Å². The number of hydrogen-bond acceptors (Lipinski definition) is 6. The van der Waals surface area contributed by atoms with Crippen LogP contribution in [-0.4, -0.2) is 26.5 Å². The Labute approximate surface area is 153 Å². The van der Waals surface area contributed by atoms with Crippen molar-refractivity contribution >= 4 is 34.1 Å². The number of aromatic nitrogens is 4. The molecule has 2 aromatic heterocycles. The second-order valence-corrected chi connectivity index (χ2v) is 6.13. The fraction of sp³-hybridized carbons (Fsp3) is 0.0556. The molecular formula is C18H12ClN5O2. The van der Waals surface area contributed by atoms with E-state index < -0.39 is 0 Å². The largest absolute Gasteiger partial charge is 0.454 e. The molecule has 4 aromatic rings. The van der Waals surface area contributed by atoms with E-state index in [4.69, 9.17) is 21.1 Å². The first-order chi connectivity index (χ1) is 12.8. The van der Waals surface area contributed by atoms with Gasteiger partial charge in [-0.2, -0.15) is 5.10 Å². The topological polar surface area (TPSA) is 74.1 Å². The lowest BCUT2D eigenvalue weighted by atomic mass is 10.2. The van der Waals surface area contributed by atoms with Gasteiger partial charge >= 0.3 is 0 Å². The van der Waals surface area contributed by atoms with Crippen molar-refractivity contribution in [3.63, 3.8) is 0 Å². The first-order valence-electron chi connectivity index (χ1n) is 7.89. The van der Waals surface area contributed by atoms with Crippen molar-refractivity contribution in [2.24, 2.45) is 0 Å². The predicted molar refractivity (Wildman–Crippen MR) is 97.5 cm³/mol. The molecule has 0 atom stereocenters. The van der Waals surface area contributed by atoms with E-state index in [-0.39, 0.29) is 6.79 Å². The number of anilines is 2. The van der Waals surface area contributed by atoms with Crippen molar-refractivity contribution in [3.05, 3.63) is 60.0 Å². The highest BCUT2D eigenvalue weighted by molar-refractivity contribution is 6.30. The molecule has 0 bridgehead atoms. The summed E-state index contributed by atoms with van der Waals surface area (Å²) in [6.07, 6.45) is 3.23. The highest BCUT2D eigenvalue weighted by Crippen LogP contribution is 2.35. The number of ether oxygens (including phenoxy) is 2. The summed E-state index contributed by atoms with van der Waals surface area (Å²) in [6, 6.07) is 13.1. The average Bonchev–Trinajstić information content (AvgIpc) is 3.28. The van der Waals surface area contributed by atoms with Gasteiger partial charge in [0.15, 0.2) is 17.1 Å². The standard InChI is InChI=1S/C18H12ClN5O2/c19-11-2-1-3-13(6-11)24-18-14(8-22-24)17(20-9-21-18)23-12-4-5-15-16(7-12)26-10-25-15/h1-9H,10H2,(H,20,21,23). The van der Waals surface area contributed by atoms with Gasteiger partial charge in [-0.1, -0.05) is 17.7 Å². The van der Waals surface area contributed by atoms with Crippen LogP contribution in [0, 0.1) is 0 Å². The molecule has 8 heteroatoms. The third-order valence-electron chi connectivity index (χ3n) is 4.05. The fourth-order valence-corrected chi connectivity index (χ4v) is 3.04. The maximum atomic E-state index is 6.09. The lowest BCUT2D eigenvalue weighted by Gasteiger charge is -2.08. The Bertz CT molecular complexity index is 1130. The van der Waals surface area contributed by atoms with Gasteiger partial charge in [0.2, 0.25) is 6.79 Å². The zero-order valence-corrected chi connectivity index (χ0v) is 14.1. The second-order valence-electron chi connectivity index (χ2n) is 5.69. The Hall–Kier alpha value is -3.32. The van der Waals surface area contributed by atoms with E-state index in [0.717, 1.165) is 22.5 Å². The molecule has 1 N–H and O–H groups in total. The molecule has 0 amide bonds. The number of benzene rings is 2. The van der Waals surface area contributed by atoms with E-state index >= 15 is 0 Å². The second kappa shape index (κ2) is 5.89. The molecule has 2 aromatic carbocycles. The summed E-state index contributed by atoms with van der Waals surface area (Å²) in [6.45, 7) is 0.239. The molecule has 1 aliphatic rings. The highest BCUT2D eigenvalue weighted by Gasteiger charge is 2.15. The van der Waals surface area contributed by atoms with Crippen LogP contribution in [0.2, 0.25) is 5.02 Å². The van der Waals surface area contributed by atoms with Crippen LogP contribution in [0.1, 0.15) is 0 Å². The minimum atomic E-state index is 0.239. The summed E-state index contributed by atoms with van der Waals surface area (Å²) in [7, 11) is 0. The van der Waals surface area contributed by atoms with Gasteiger partial charge in [0, 0.05) is 16.8 Å². The monoisotopic (exact) mass is 365 g/mol. The average molecular weight is 366 g/mol. The maximum absolute atomic E-state index is 6.09. The Morgan fingerprint density at radius 1 is 1.04 bits per heavy atom. The molecule has 3 heterocycles. The normalized spacial score (nSPS) is 12.5. The molecule has 7 nitrogen and oxygen atoms in total. The molecule has 5 rings (SSSR count). The lowest BCUT2D eigenvalue weighted by Crippen LogP contribution is -1.99. The van der Waals surface area contributed by atoms with Gasteiger partial charge in [-0.25, -0.2) is 14.6 Å². The Morgan fingerprint density at radius 2 is 1.96 bits per heavy atom. The zero-order chi connectivity index (χ0) is 17.5. The minimum absolute atomic E-state index is 0.239. The first-order valence-corrected chi connectivity index (χ1v) is 8.27. The third-order valence-corrected chi connectivity index (χ3v) is 4.29. The number of hydrogen-bond donors (Lipinski definition) is 1. The lowest BCUT2D eigenvalue weighted by molar-refractivity contribution is 0.174. The van der Waals surface area contributed by atoms with Gasteiger partial charge in [0.05, 0.1) is 17.3 Å². The highest BCUT2D eigenvalue weighted by atomic mass is 35.5. The summed E-state index contributed by atoms with van der Waals surface area (Å²) in [4.78, 5) is 8.72. The predicted octanol–water partition coefficient (Wildman–Crippen LogP) is 3.94. The van der Waals surface area contributed by atoms with Gasteiger partial charge < -0.3 is 14.8 Å². The van der Waals surface area contributed by atoms with Gasteiger partial charge in [0.25, 0.3) is 0 Å². The quantitative estimate of drug-likeness (QED) is 0.592. The molecule has 0 radical (unpaired) electrons. The van der Waals surface area contributed by atoms with Crippen molar-refractivity contribution in [2.45, 2.75) is 0 Å². The Balaban J connectivity index is 1.55. The van der Waals surface area contributed by atoms with Crippen LogP contribution < -0.4 is 14.8 Å². The van der Waals surface area contributed by atoms with E-state index in [1.807, 2.05) is 42.5 Å². The van der Waals surface area contributed by atoms with Crippen molar-refractivity contribution in [2.75, 3.05) is 12.1 Å². The van der Waals surface area contributed by atoms with Crippen molar-refractivity contribution in [3.8, 4) is 17.2 Å². The van der Waals surface area contributed by atoms with Crippen molar-refractivity contribution in [1.29, 1.82) is 0 Å². The van der Waals surface area contributed by atoms with E-state index in [1.165, 1.54) is 6.33 Å². The van der Waals surface area contributed by atoms with Crippen molar-refractivity contribution in [1.82, 2.24) is 19.7 Å². The molecule has 0 saturated heterocycles. The Kier molecular flexibility index (Phi) is 3.39. The summed E-state index contributed by atoms with van der Waals surface area (Å²) in [5.74, 6) is 2.09. The van der Waals surface area contributed by atoms with Gasteiger partial charge in [-0.3, -0.25) is 0 Å². The summed E-state index contributed by atoms with van der Waals surface area (Å²) in [5.41, 5.74) is 2.36. The third kappa shape index (κ3) is 2.49.